The normalized spacial score (nSPS) is 16.3. The van der Waals surface area contributed by atoms with Gasteiger partial charge < -0.3 is 21.3 Å². The van der Waals surface area contributed by atoms with Gasteiger partial charge in [0.25, 0.3) is 11.8 Å². The standard InChI is InChI=1S/C32H29F3N4O4/c33-32(34,35)24-17-22(20-6-1-2-7-20)16-23(18-24)31(13-14-31)39-28(41)26-9-4-3-8-21(26)19-37-30(43)29(42)36-15-5-10-27(40)38-25-11-12-25/h1-4,6,8-9,16-18,25H,7,11-15,19H2,(H,36,42)(H,37,43)(H,38,40)(H,39,41). The first-order chi connectivity index (χ1) is 20.5. The summed E-state index contributed by atoms with van der Waals surface area (Å²) in [6.07, 6.45) is 4.22. The van der Waals surface area contributed by atoms with Gasteiger partial charge in [0.15, 0.2) is 0 Å². The lowest BCUT2D eigenvalue weighted by Gasteiger charge is -2.22. The largest absolute Gasteiger partial charge is 0.416 e. The van der Waals surface area contributed by atoms with Crippen molar-refractivity contribution in [2.24, 2.45) is 0 Å². The van der Waals surface area contributed by atoms with Gasteiger partial charge in [-0.05, 0) is 84.6 Å². The molecule has 5 rings (SSSR count). The fraction of sp³-hybridized carbons (Fsp3) is 0.312. The molecule has 8 nitrogen and oxygen atoms in total. The van der Waals surface area contributed by atoms with E-state index in [1.165, 1.54) is 0 Å². The van der Waals surface area contributed by atoms with Crippen LogP contribution < -0.4 is 21.3 Å². The molecule has 2 aromatic carbocycles. The van der Waals surface area contributed by atoms with Crippen molar-refractivity contribution < 1.29 is 32.3 Å². The molecule has 0 spiro atoms. The lowest BCUT2D eigenvalue weighted by molar-refractivity contribution is -0.139. The molecule has 4 N–H and O–H groups in total. The van der Waals surface area contributed by atoms with Gasteiger partial charge in [-0.1, -0.05) is 42.3 Å². The highest BCUT2D eigenvalue weighted by atomic mass is 19.4. The quantitative estimate of drug-likeness (QED) is 0.278. The zero-order valence-corrected chi connectivity index (χ0v) is 23.1. The molecule has 0 aromatic heterocycles. The summed E-state index contributed by atoms with van der Waals surface area (Å²) in [7, 11) is 0. The number of amides is 4. The van der Waals surface area contributed by atoms with Crippen molar-refractivity contribution in [1.29, 1.82) is 0 Å². The topological polar surface area (TPSA) is 116 Å². The van der Waals surface area contributed by atoms with Crippen LogP contribution in [-0.2, 0) is 32.6 Å². The van der Waals surface area contributed by atoms with Crippen molar-refractivity contribution in [2.45, 2.75) is 56.4 Å². The van der Waals surface area contributed by atoms with Crippen molar-refractivity contribution in [3.63, 3.8) is 0 Å². The smallest absolute Gasteiger partial charge is 0.344 e. The molecule has 2 saturated carbocycles. The number of halogens is 3. The van der Waals surface area contributed by atoms with E-state index in [0.717, 1.165) is 30.5 Å². The third kappa shape index (κ3) is 7.52. The van der Waals surface area contributed by atoms with Crippen LogP contribution in [-0.4, -0.2) is 36.2 Å². The SMILES string of the molecule is O=C(C#CCNC(=O)C(=O)NCc1ccccc1C(=O)NC1(c2cc(C3=CC=CC3)cc(C(F)(F)F)c2)CC1)NC1CC1. The summed E-state index contributed by atoms with van der Waals surface area (Å²) < 4.78 is 41.4. The van der Waals surface area contributed by atoms with Crippen LogP contribution >= 0.6 is 0 Å². The summed E-state index contributed by atoms with van der Waals surface area (Å²) in [5, 5.41) is 10.4. The number of alkyl halides is 3. The number of hydrogen-bond donors (Lipinski definition) is 4. The summed E-state index contributed by atoms with van der Waals surface area (Å²) in [5.74, 6) is 1.96. The van der Waals surface area contributed by atoms with Crippen molar-refractivity contribution in [2.75, 3.05) is 6.54 Å². The Hall–Kier alpha value is -4.85. The molecule has 0 aliphatic heterocycles. The van der Waals surface area contributed by atoms with E-state index < -0.39 is 40.9 Å². The third-order valence-electron chi connectivity index (χ3n) is 7.42. The molecule has 4 amide bonds. The van der Waals surface area contributed by atoms with Crippen molar-refractivity contribution >= 4 is 29.2 Å². The highest BCUT2D eigenvalue weighted by Gasteiger charge is 2.47. The zero-order valence-electron chi connectivity index (χ0n) is 23.1. The third-order valence-corrected chi connectivity index (χ3v) is 7.42. The van der Waals surface area contributed by atoms with Gasteiger partial charge in [0.2, 0.25) is 0 Å². The van der Waals surface area contributed by atoms with E-state index in [0.29, 0.717) is 36.0 Å². The molecule has 0 radical (unpaired) electrons. The number of rotatable bonds is 8. The van der Waals surface area contributed by atoms with Crippen LogP contribution in [0.4, 0.5) is 13.2 Å². The first-order valence-corrected chi connectivity index (χ1v) is 13.9. The molecular weight excluding hydrogens is 561 g/mol. The minimum absolute atomic E-state index is 0.146. The van der Waals surface area contributed by atoms with E-state index >= 15 is 0 Å². The fourth-order valence-corrected chi connectivity index (χ4v) is 4.74. The average molecular weight is 591 g/mol. The maximum atomic E-state index is 13.8. The number of carbonyl (C=O) groups is 4. The van der Waals surface area contributed by atoms with Gasteiger partial charge in [0.1, 0.15) is 0 Å². The Kier molecular flexibility index (Phi) is 8.39. The Bertz CT molecular complexity index is 1590. The average Bonchev–Trinajstić information content (AvgIpc) is 3.90. The predicted molar refractivity (Wildman–Crippen MR) is 152 cm³/mol. The molecule has 0 saturated heterocycles. The molecule has 2 fully saturated rings. The van der Waals surface area contributed by atoms with Crippen molar-refractivity contribution in [3.8, 4) is 11.8 Å². The molecule has 222 valence electrons. The van der Waals surface area contributed by atoms with Gasteiger partial charge in [0.05, 0.1) is 17.6 Å². The molecule has 0 atom stereocenters. The summed E-state index contributed by atoms with van der Waals surface area (Å²) in [5.41, 5.74) is 0.524. The second-order valence-corrected chi connectivity index (χ2v) is 10.7. The van der Waals surface area contributed by atoms with Crippen LogP contribution in [0, 0.1) is 11.8 Å². The molecule has 0 heterocycles. The monoisotopic (exact) mass is 590 g/mol. The van der Waals surface area contributed by atoms with Crippen LogP contribution in [0.3, 0.4) is 0 Å². The Morgan fingerprint density at radius 3 is 2.40 bits per heavy atom. The van der Waals surface area contributed by atoms with Crippen LogP contribution in [0.2, 0.25) is 0 Å². The van der Waals surface area contributed by atoms with Crippen LogP contribution in [0.15, 0.2) is 60.7 Å². The molecule has 43 heavy (non-hydrogen) atoms. The number of allylic oxidation sites excluding steroid dienone is 4. The van der Waals surface area contributed by atoms with Crippen molar-refractivity contribution in [1.82, 2.24) is 21.3 Å². The fourth-order valence-electron chi connectivity index (χ4n) is 4.74. The van der Waals surface area contributed by atoms with Gasteiger partial charge in [-0.3, -0.25) is 19.2 Å². The summed E-state index contributed by atoms with van der Waals surface area (Å²) in [4.78, 5) is 49.4. The van der Waals surface area contributed by atoms with E-state index in [1.54, 1.807) is 42.5 Å². The van der Waals surface area contributed by atoms with Gasteiger partial charge in [-0.2, -0.15) is 13.2 Å². The molecule has 2 aromatic rings. The first kappa shape index (κ1) is 29.6. The van der Waals surface area contributed by atoms with Crippen LogP contribution in [0.25, 0.3) is 5.57 Å². The first-order valence-electron chi connectivity index (χ1n) is 13.9. The van der Waals surface area contributed by atoms with Gasteiger partial charge in [0, 0.05) is 18.2 Å². The van der Waals surface area contributed by atoms with E-state index in [1.807, 2.05) is 6.08 Å². The predicted octanol–water partition coefficient (Wildman–Crippen LogP) is 3.48. The Labute approximate surface area is 246 Å². The molecule has 11 heteroatoms. The molecule has 0 unspecified atom stereocenters. The molecular formula is C32H29F3N4O4. The number of nitrogens with one attached hydrogen (secondary N) is 4. The van der Waals surface area contributed by atoms with Gasteiger partial charge in [-0.15, -0.1) is 0 Å². The Balaban J connectivity index is 1.22. The van der Waals surface area contributed by atoms with Crippen LogP contribution in [0.1, 0.15) is 64.7 Å². The lowest BCUT2D eigenvalue weighted by atomic mass is 9.94. The van der Waals surface area contributed by atoms with Crippen molar-refractivity contribution in [3.05, 3.63) is 88.5 Å². The van der Waals surface area contributed by atoms with E-state index in [-0.39, 0.29) is 24.7 Å². The van der Waals surface area contributed by atoms with Crippen LogP contribution in [0.5, 0.6) is 0 Å². The number of hydrogen-bond acceptors (Lipinski definition) is 4. The minimum atomic E-state index is -4.55. The number of carbonyl (C=O) groups excluding carboxylic acids is 4. The van der Waals surface area contributed by atoms with E-state index in [9.17, 15) is 32.3 Å². The van der Waals surface area contributed by atoms with E-state index in [4.69, 9.17) is 0 Å². The maximum absolute atomic E-state index is 13.8. The highest BCUT2D eigenvalue weighted by molar-refractivity contribution is 6.35. The minimum Gasteiger partial charge on any atom is -0.344 e. The van der Waals surface area contributed by atoms with Gasteiger partial charge in [-0.25, -0.2) is 0 Å². The molecule has 3 aliphatic rings. The second-order valence-electron chi connectivity index (χ2n) is 10.7. The summed E-state index contributed by atoms with van der Waals surface area (Å²) >= 11 is 0. The van der Waals surface area contributed by atoms with E-state index in [2.05, 4.69) is 33.1 Å². The summed E-state index contributed by atoms with van der Waals surface area (Å²) in [6, 6.07) is 10.5. The highest BCUT2D eigenvalue weighted by Crippen LogP contribution is 2.48. The molecule has 3 aliphatic carbocycles. The molecule has 0 bridgehead atoms. The van der Waals surface area contributed by atoms with Gasteiger partial charge >= 0.3 is 18.0 Å². The number of benzene rings is 2. The maximum Gasteiger partial charge on any atom is 0.416 e. The Morgan fingerprint density at radius 2 is 1.72 bits per heavy atom. The Morgan fingerprint density at radius 1 is 0.977 bits per heavy atom. The summed E-state index contributed by atoms with van der Waals surface area (Å²) in [6.45, 7) is -0.344. The second kappa shape index (κ2) is 12.2. The lowest BCUT2D eigenvalue weighted by Crippen LogP contribution is -2.40. The zero-order chi connectivity index (χ0) is 30.6.